The number of nitriles is 1. The van der Waals surface area contributed by atoms with E-state index in [0.29, 0.717) is 0 Å². The molecule has 1 atom stereocenters. The van der Waals surface area contributed by atoms with Crippen molar-refractivity contribution in [2.24, 2.45) is 5.92 Å². The van der Waals surface area contributed by atoms with Crippen LogP contribution >= 0.6 is 0 Å². The van der Waals surface area contributed by atoms with Gasteiger partial charge in [0.05, 0.1) is 16.9 Å². The van der Waals surface area contributed by atoms with Crippen LogP contribution in [0.25, 0.3) is 0 Å². The van der Waals surface area contributed by atoms with Gasteiger partial charge < -0.3 is 5.32 Å². The molecule has 0 aliphatic rings. The lowest BCUT2D eigenvalue weighted by Crippen LogP contribution is -2.27. The third-order valence-corrected chi connectivity index (χ3v) is 2.19. The van der Waals surface area contributed by atoms with E-state index in [4.69, 9.17) is 5.26 Å². The summed E-state index contributed by atoms with van der Waals surface area (Å²) in [6.45, 7) is 1.74. The Morgan fingerprint density at radius 1 is 1.67 bits per heavy atom. The molecular formula is C11H10FN3O3. The number of nitrogens with zero attached hydrogens (tertiary/aromatic N) is 2. The molecule has 1 amide bonds. The molecule has 6 nitrogen and oxygen atoms in total. The number of hydrogen-bond acceptors (Lipinski definition) is 4. The Morgan fingerprint density at radius 3 is 2.89 bits per heavy atom. The van der Waals surface area contributed by atoms with E-state index in [1.54, 1.807) is 6.92 Å². The highest BCUT2D eigenvalue weighted by Gasteiger charge is 2.17. The third kappa shape index (κ3) is 3.25. The number of halogens is 1. The number of carbonyl (C=O) groups is 1. The fourth-order valence-corrected chi connectivity index (χ4v) is 1.19. The molecule has 0 radical (unpaired) electrons. The topological polar surface area (TPSA) is 96.0 Å². The van der Waals surface area contributed by atoms with Gasteiger partial charge in [0, 0.05) is 18.2 Å². The van der Waals surface area contributed by atoms with Gasteiger partial charge in [-0.3, -0.25) is 14.9 Å². The minimum Gasteiger partial charge on any atom is -0.351 e. The number of amides is 1. The van der Waals surface area contributed by atoms with Crippen molar-refractivity contribution in [2.75, 3.05) is 6.54 Å². The van der Waals surface area contributed by atoms with Crippen LogP contribution in [-0.4, -0.2) is 17.4 Å². The summed E-state index contributed by atoms with van der Waals surface area (Å²) in [5.74, 6) is -1.95. The minimum absolute atomic E-state index is 0.0201. The zero-order valence-electron chi connectivity index (χ0n) is 9.51. The quantitative estimate of drug-likeness (QED) is 0.649. The first-order valence-corrected chi connectivity index (χ1v) is 5.07. The first-order valence-electron chi connectivity index (χ1n) is 5.07. The zero-order valence-corrected chi connectivity index (χ0v) is 9.51. The average Bonchev–Trinajstić information content (AvgIpc) is 2.35. The standard InChI is InChI=1S/C11H10FN3O3/c1-7(5-13)6-14-11(16)8-2-3-9(12)10(4-8)15(17)18/h2-4,7H,6H2,1H3,(H,14,16). The highest BCUT2D eigenvalue weighted by Crippen LogP contribution is 2.18. The second kappa shape index (κ2) is 5.72. The van der Waals surface area contributed by atoms with Crippen molar-refractivity contribution in [3.05, 3.63) is 39.7 Å². The summed E-state index contributed by atoms with van der Waals surface area (Å²) in [6.07, 6.45) is 0. The molecule has 18 heavy (non-hydrogen) atoms. The Kier molecular flexibility index (Phi) is 4.32. The lowest BCUT2D eigenvalue weighted by Gasteiger charge is -2.06. The third-order valence-electron chi connectivity index (χ3n) is 2.19. The maximum absolute atomic E-state index is 13.0. The summed E-state index contributed by atoms with van der Waals surface area (Å²) in [4.78, 5) is 21.2. The molecule has 1 N–H and O–H groups in total. The van der Waals surface area contributed by atoms with Crippen molar-refractivity contribution >= 4 is 11.6 Å². The number of nitrogens with one attached hydrogen (secondary N) is 1. The largest absolute Gasteiger partial charge is 0.351 e. The maximum atomic E-state index is 13.0. The number of nitro groups is 1. The molecule has 0 aliphatic carbocycles. The van der Waals surface area contributed by atoms with E-state index in [9.17, 15) is 19.3 Å². The monoisotopic (exact) mass is 251 g/mol. The molecule has 1 aromatic rings. The van der Waals surface area contributed by atoms with Gasteiger partial charge >= 0.3 is 5.69 Å². The molecule has 1 aromatic carbocycles. The summed E-state index contributed by atoms with van der Waals surface area (Å²) >= 11 is 0. The van der Waals surface area contributed by atoms with Gasteiger partial charge in [-0.15, -0.1) is 0 Å². The van der Waals surface area contributed by atoms with Crippen molar-refractivity contribution in [3.8, 4) is 6.07 Å². The summed E-state index contributed by atoms with van der Waals surface area (Å²) in [5.41, 5.74) is -0.774. The zero-order chi connectivity index (χ0) is 13.7. The summed E-state index contributed by atoms with van der Waals surface area (Å²) < 4.78 is 13.0. The fourth-order valence-electron chi connectivity index (χ4n) is 1.19. The number of carbonyl (C=O) groups excluding carboxylic acids is 1. The maximum Gasteiger partial charge on any atom is 0.305 e. The molecule has 1 unspecified atom stereocenters. The molecule has 0 heterocycles. The molecule has 94 valence electrons. The van der Waals surface area contributed by atoms with Gasteiger partial charge in [0.1, 0.15) is 0 Å². The van der Waals surface area contributed by atoms with Gasteiger partial charge in [-0.2, -0.15) is 9.65 Å². The average molecular weight is 251 g/mol. The highest BCUT2D eigenvalue weighted by molar-refractivity contribution is 5.94. The fraction of sp³-hybridized carbons (Fsp3) is 0.273. The summed E-state index contributed by atoms with van der Waals surface area (Å²) in [6, 6.07) is 4.80. The number of hydrogen-bond donors (Lipinski definition) is 1. The molecule has 0 aliphatic heterocycles. The molecule has 0 saturated carbocycles. The molecule has 0 bridgehead atoms. The molecule has 0 saturated heterocycles. The van der Waals surface area contributed by atoms with Crippen LogP contribution in [0, 0.1) is 33.2 Å². The van der Waals surface area contributed by atoms with Crippen LogP contribution in [0.2, 0.25) is 0 Å². The predicted molar refractivity (Wildman–Crippen MR) is 60.2 cm³/mol. The van der Waals surface area contributed by atoms with Crippen LogP contribution in [0.4, 0.5) is 10.1 Å². The SMILES string of the molecule is CC(C#N)CNC(=O)c1ccc(F)c([N+](=O)[O-])c1. The van der Waals surface area contributed by atoms with Gasteiger partial charge in [0.2, 0.25) is 5.82 Å². The summed E-state index contributed by atoms with van der Waals surface area (Å²) in [5, 5.41) is 21.5. The van der Waals surface area contributed by atoms with Crippen LogP contribution in [0.3, 0.4) is 0 Å². The van der Waals surface area contributed by atoms with E-state index < -0.39 is 22.3 Å². The lowest BCUT2D eigenvalue weighted by atomic mass is 10.1. The van der Waals surface area contributed by atoms with E-state index in [0.717, 1.165) is 18.2 Å². The van der Waals surface area contributed by atoms with E-state index in [1.807, 2.05) is 6.07 Å². The van der Waals surface area contributed by atoms with Crippen LogP contribution in [0.5, 0.6) is 0 Å². The van der Waals surface area contributed by atoms with Gasteiger partial charge in [-0.05, 0) is 19.1 Å². The number of benzene rings is 1. The van der Waals surface area contributed by atoms with Gasteiger partial charge in [-0.25, -0.2) is 0 Å². The van der Waals surface area contributed by atoms with Crippen LogP contribution in [0.1, 0.15) is 17.3 Å². The normalized spacial score (nSPS) is 11.4. The first kappa shape index (κ1) is 13.6. The molecule has 0 fully saturated rings. The van der Waals surface area contributed by atoms with Crippen LogP contribution in [0.15, 0.2) is 18.2 Å². The first-order chi connectivity index (χ1) is 8.45. The van der Waals surface area contributed by atoms with Crippen molar-refractivity contribution in [2.45, 2.75) is 6.92 Å². The highest BCUT2D eigenvalue weighted by atomic mass is 19.1. The molecule has 0 spiro atoms. The van der Waals surface area contributed by atoms with Crippen molar-refractivity contribution in [1.82, 2.24) is 5.32 Å². The van der Waals surface area contributed by atoms with Gasteiger partial charge in [0.15, 0.2) is 0 Å². The minimum atomic E-state index is -0.998. The van der Waals surface area contributed by atoms with E-state index >= 15 is 0 Å². The van der Waals surface area contributed by atoms with Crippen LogP contribution < -0.4 is 5.32 Å². The molecule has 7 heteroatoms. The number of nitro benzene ring substituents is 1. The number of rotatable bonds is 4. The van der Waals surface area contributed by atoms with Crippen LogP contribution in [-0.2, 0) is 0 Å². The molecular weight excluding hydrogens is 241 g/mol. The molecule has 1 rings (SSSR count). The van der Waals surface area contributed by atoms with E-state index in [-0.39, 0.29) is 18.0 Å². The second-order valence-electron chi connectivity index (χ2n) is 3.66. The molecule has 0 aromatic heterocycles. The van der Waals surface area contributed by atoms with Crippen molar-refractivity contribution < 1.29 is 14.1 Å². The Balaban J connectivity index is 2.84. The van der Waals surface area contributed by atoms with Crippen molar-refractivity contribution in [3.63, 3.8) is 0 Å². The van der Waals surface area contributed by atoms with Gasteiger partial charge in [0.25, 0.3) is 5.91 Å². The second-order valence-corrected chi connectivity index (χ2v) is 3.66. The Hall–Kier alpha value is -2.49. The van der Waals surface area contributed by atoms with E-state index in [1.165, 1.54) is 0 Å². The summed E-state index contributed by atoms with van der Waals surface area (Å²) in [7, 11) is 0. The Bertz CT molecular complexity index is 525. The van der Waals surface area contributed by atoms with E-state index in [2.05, 4.69) is 5.32 Å². The lowest BCUT2D eigenvalue weighted by molar-refractivity contribution is -0.387. The van der Waals surface area contributed by atoms with Crippen molar-refractivity contribution in [1.29, 1.82) is 5.26 Å². The smallest absolute Gasteiger partial charge is 0.305 e. The Morgan fingerprint density at radius 2 is 2.33 bits per heavy atom. The Labute approximate surface area is 102 Å². The predicted octanol–water partition coefficient (Wildman–Crippen LogP) is 1.62. The van der Waals surface area contributed by atoms with Gasteiger partial charge in [-0.1, -0.05) is 0 Å².